The molecule has 0 aliphatic carbocycles. The van der Waals surface area contributed by atoms with Crippen LogP contribution in [0.4, 0.5) is 5.82 Å². The number of hydrogen-bond acceptors (Lipinski definition) is 10. The van der Waals surface area contributed by atoms with E-state index in [2.05, 4.69) is 35.9 Å². The van der Waals surface area contributed by atoms with E-state index in [1.807, 2.05) is 34.6 Å². The number of fused-ring (bicyclic) bond motifs is 5. The number of nitrogens with zero attached hydrogens (tertiary/aromatic N) is 3. The number of anilines is 1. The number of carbonyl (C=O) groups is 3. The van der Waals surface area contributed by atoms with Crippen LogP contribution in [0, 0.1) is 40.9 Å². The van der Waals surface area contributed by atoms with Crippen LogP contribution in [0.5, 0.6) is 0 Å². The predicted octanol–water partition coefficient (Wildman–Crippen LogP) is 5.96. The molecule has 3 heterocycles. The molecule has 0 radical (unpaired) electrons. The molecule has 1 aromatic rings. The molecule has 0 spiro atoms. The Labute approximate surface area is 286 Å². The van der Waals surface area contributed by atoms with E-state index in [-0.39, 0.29) is 42.7 Å². The van der Waals surface area contributed by atoms with Gasteiger partial charge in [0.1, 0.15) is 29.2 Å². The van der Waals surface area contributed by atoms with E-state index in [9.17, 15) is 19.5 Å². The molecule has 268 valence electrons. The maximum atomic E-state index is 14.1. The molecule has 11 heteroatoms. The van der Waals surface area contributed by atoms with Crippen molar-refractivity contribution in [2.75, 3.05) is 12.3 Å². The highest BCUT2D eigenvalue weighted by Gasteiger charge is 2.52. The fourth-order valence-corrected chi connectivity index (χ4v) is 8.53. The number of esters is 1. The van der Waals surface area contributed by atoms with Crippen LogP contribution in [-0.2, 0) is 35.3 Å². The second kappa shape index (κ2) is 15.6. The highest BCUT2D eigenvalue weighted by Crippen LogP contribution is 2.48. The van der Waals surface area contributed by atoms with Gasteiger partial charge in [-0.3, -0.25) is 14.4 Å². The lowest BCUT2D eigenvalue weighted by atomic mass is 9.60. The van der Waals surface area contributed by atoms with Crippen LogP contribution >= 0.6 is 0 Å². The summed E-state index contributed by atoms with van der Waals surface area (Å²) in [5.74, 6) is -4.06. The number of aliphatic hydroxyl groups is 1. The molecule has 2 aliphatic heterocycles. The van der Waals surface area contributed by atoms with Crippen molar-refractivity contribution in [3.63, 3.8) is 0 Å². The van der Waals surface area contributed by atoms with Crippen LogP contribution < -0.4 is 5.73 Å². The van der Waals surface area contributed by atoms with Crippen LogP contribution in [0.25, 0.3) is 0 Å². The second-order valence-corrected chi connectivity index (χ2v) is 15.5. The fourth-order valence-electron chi connectivity index (χ4n) is 8.53. The third-order valence-corrected chi connectivity index (χ3v) is 10.5. The number of carbonyl (C=O) groups excluding carboxylic acids is 3. The highest BCUT2D eigenvalue weighted by molar-refractivity contribution is 6.00. The van der Waals surface area contributed by atoms with Crippen molar-refractivity contribution >= 4 is 34.9 Å². The lowest BCUT2D eigenvalue weighted by Crippen LogP contribution is -2.55. The number of aliphatic imine (C=N–C) groups is 1. The Kier molecular flexibility index (Phi) is 12.7. The summed E-state index contributed by atoms with van der Waals surface area (Å²) in [5.41, 5.74) is 4.79. The minimum atomic E-state index is -1.55. The summed E-state index contributed by atoms with van der Waals surface area (Å²) >= 11 is 0. The van der Waals surface area contributed by atoms with Gasteiger partial charge in [-0.15, -0.1) is 0 Å². The zero-order valence-electron chi connectivity index (χ0n) is 30.8. The molecular weight excluding hydrogens is 612 g/mol. The van der Waals surface area contributed by atoms with Gasteiger partial charge in [-0.2, -0.15) is 0 Å². The average molecular weight is 671 g/mol. The van der Waals surface area contributed by atoms with Gasteiger partial charge >= 0.3 is 5.97 Å². The van der Waals surface area contributed by atoms with Crippen LogP contribution in [0.3, 0.4) is 0 Å². The van der Waals surface area contributed by atoms with Gasteiger partial charge in [-0.05, 0) is 75.8 Å². The van der Waals surface area contributed by atoms with E-state index in [0.29, 0.717) is 48.6 Å². The topological polar surface area (TPSA) is 163 Å². The van der Waals surface area contributed by atoms with Crippen molar-refractivity contribution in [3.8, 4) is 0 Å². The third kappa shape index (κ3) is 9.08. The van der Waals surface area contributed by atoms with Gasteiger partial charge in [0, 0.05) is 30.4 Å². The summed E-state index contributed by atoms with van der Waals surface area (Å²) in [4.78, 5) is 55.0. The molecule has 3 rings (SSSR count). The van der Waals surface area contributed by atoms with Crippen LogP contribution in [0.2, 0.25) is 0 Å². The van der Waals surface area contributed by atoms with Crippen molar-refractivity contribution < 1.29 is 33.8 Å². The van der Waals surface area contributed by atoms with Crippen LogP contribution in [0.15, 0.2) is 28.3 Å². The average Bonchev–Trinajstić information content (AvgIpc) is 2.99. The number of pyridine rings is 1. The molecule has 1 amide bonds. The summed E-state index contributed by atoms with van der Waals surface area (Å²) in [7, 11) is 0. The number of oxime groups is 1. The Morgan fingerprint density at radius 1 is 1.15 bits per heavy atom. The zero-order valence-corrected chi connectivity index (χ0v) is 30.8. The van der Waals surface area contributed by atoms with Gasteiger partial charge in [0.2, 0.25) is 5.91 Å². The Morgan fingerprint density at radius 2 is 1.81 bits per heavy atom. The first-order valence-electron chi connectivity index (χ1n) is 17.3. The van der Waals surface area contributed by atoms with Gasteiger partial charge in [0.15, 0.2) is 6.61 Å². The SMILES string of the molecule is CC[C@H]1OC(=O)[C@H](C)C(=O)[C@H](C)[C@@H](C(C)(C)C)[C@@]2(C)C[C@@H](C)/C(=N\C(C)=O)[C@H](C)[C@@H](CC/C(=N\OCc3cccc(N)n3)CO2)[C@]1(C)O. The normalized spacial score (nSPS) is 36.1. The third-order valence-electron chi connectivity index (χ3n) is 10.5. The van der Waals surface area contributed by atoms with E-state index < -0.39 is 46.4 Å². The fraction of sp³-hybridized carbons (Fsp3) is 0.730. The largest absolute Gasteiger partial charge is 0.459 e. The second-order valence-electron chi connectivity index (χ2n) is 15.5. The van der Waals surface area contributed by atoms with E-state index in [1.54, 1.807) is 32.0 Å². The van der Waals surface area contributed by atoms with Crippen molar-refractivity contribution in [1.82, 2.24) is 4.98 Å². The van der Waals surface area contributed by atoms with Gasteiger partial charge < -0.3 is 25.2 Å². The number of nitrogens with two attached hydrogens (primary N) is 1. The number of ketones is 1. The zero-order chi connectivity index (χ0) is 36.2. The monoisotopic (exact) mass is 670 g/mol. The summed E-state index contributed by atoms with van der Waals surface area (Å²) in [5, 5.41) is 16.9. The number of hydrogen-bond donors (Lipinski definition) is 2. The molecular formula is C37H58N4O7. The maximum Gasteiger partial charge on any atom is 0.316 e. The van der Waals surface area contributed by atoms with Gasteiger partial charge in [-0.25, -0.2) is 9.98 Å². The lowest BCUT2D eigenvalue weighted by molar-refractivity contribution is -0.180. The van der Waals surface area contributed by atoms with Crippen molar-refractivity contribution in [2.24, 2.45) is 51.1 Å². The molecule has 2 aliphatic rings. The summed E-state index contributed by atoms with van der Waals surface area (Å²) in [6.45, 7) is 20.8. The molecule has 2 saturated heterocycles. The van der Waals surface area contributed by atoms with Crippen LogP contribution in [-0.4, -0.2) is 63.1 Å². The first kappa shape index (κ1) is 39.3. The maximum absolute atomic E-state index is 14.1. The summed E-state index contributed by atoms with van der Waals surface area (Å²) < 4.78 is 12.9. The molecule has 2 fully saturated rings. The Bertz CT molecular complexity index is 1380. The number of ether oxygens (including phenoxy) is 2. The van der Waals surface area contributed by atoms with Crippen molar-refractivity contribution in [3.05, 3.63) is 23.9 Å². The summed E-state index contributed by atoms with van der Waals surface area (Å²) in [6, 6.07) is 5.29. The standard InChI is InChI=1S/C37H58N4O7/c1-12-29-37(11,45)28-17-16-27(41-47-20-26-14-13-15-30(38)40-26)19-46-36(10,18-21(2)31(22(28)3)39-25(6)42)33(35(7,8)9)23(4)32(43)24(5)34(44)48-29/h13-15,21-24,28-29,33,45H,12,16-20H2,1-11H3,(H2,38,40)/b39-31+,41-27+/t21-,22-,23+,24-,28-,29-,33+,36-,37+/m1/s1. The first-order valence-corrected chi connectivity index (χ1v) is 17.3. The minimum Gasteiger partial charge on any atom is -0.459 e. The summed E-state index contributed by atoms with van der Waals surface area (Å²) in [6.07, 6.45) is 0.600. The van der Waals surface area contributed by atoms with Gasteiger partial charge in [0.25, 0.3) is 0 Å². The lowest BCUT2D eigenvalue weighted by Gasteiger charge is -2.49. The smallest absolute Gasteiger partial charge is 0.316 e. The molecule has 1 aromatic heterocycles. The number of nitrogen functional groups attached to an aromatic ring is 1. The van der Waals surface area contributed by atoms with E-state index in [0.717, 1.165) is 0 Å². The predicted molar refractivity (Wildman–Crippen MR) is 186 cm³/mol. The molecule has 9 atom stereocenters. The number of Topliss-reactive ketones (excluding diaryl/α,β-unsaturated/α-hetero) is 1. The van der Waals surface area contributed by atoms with Crippen LogP contribution in [0.1, 0.15) is 108 Å². The Hall–Kier alpha value is -3.18. The quantitative estimate of drug-likeness (QED) is 0.224. The minimum absolute atomic E-state index is 0.0949. The molecule has 0 unspecified atom stereocenters. The number of aromatic nitrogens is 1. The molecule has 0 saturated carbocycles. The van der Waals surface area contributed by atoms with Gasteiger partial charge in [0.05, 0.1) is 23.6 Å². The molecule has 2 bridgehead atoms. The number of cyclic esters (lactones) is 1. The highest BCUT2D eigenvalue weighted by atomic mass is 16.6. The van der Waals surface area contributed by atoms with Crippen molar-refractivity contribution in [1.29, 1.82) is 0 Å². The Balaban J connectivity index is 2.30. The first-order chi connectivity index (χ1) is 22.2. The molecule has 0 aromatic carbocycles. The molecule has 11 nitrogen and oxygen atoms in total. The van der Waals surface area contributed by atoms with Crippen molar-refractivity contribution in [2.45, 2.75) is 126 Å². The molecule has 48 heavy (non-hydrogen) atoms. The number of rotatable bonds is 4. The van der Waals surface area contributed by atoms with E-state index >= 15 is 0 Å². The van der Waals surface area contributed by atoms with E-state index in [4.69, 9.17) is 20.0 Å². The van der Waals surface area contributed by atoms with Gasteiger partial charge in [-0.1, -0.05) is 59.7 Å². The number of amides is 1. The van der Waals surface area contributed by atoms with E-state index in [1.165, 1.54) is 6.92 Å². The Morgan fingerprint density at radius 3 is 2.40 bits per heavy atom. The molecule has 3 N–H and O–H groups in total.